The average molecular weight is 516 g/mol. The first-order valence-electron chi connectivity index (χ1n) is 10.2. The van der Waals surface area contributed by atoms with Crippen LogP contribution in [0.25, 0.3) is 0 Å². The van der Waals surface area contributed by atoms with E-state index < -0.39 is 0 Å². The summed E-state index contributed by atoms with van der Waals surface area (Å²) in [7, 11) is 5.44. The molecule has 0 saturated heterocycles. The van der Waals surface area contributed by atoms with E-state index in [9.17, 15) is 4.79 Å². The highest BCUT2D eigenvalue weighted by Crippen LogP contribution is 2.38. The third-order valence-electron chi connectivity index (χ3n) is 5.30. The number of carbonyl (C=O) groups excluding carboxylic acids is 1. The molecule has 0 spiro atoms. The molecular weight excluding hydrogens is 479 g/mol. The van der Waals surface area contributed by atoms with Gasteiger partial charge in [0.25, 0.3) is 0 Å². The summed E-state index contributed by atoms with van der Waals surface area (Å²) in [6.07, 6.45) is 4.33. The molecule has 7 heteroatoms. The summed E-state index contributed by atoms with van der Waals surface area (Å²) in [4.78, 5) is 18.7. The first-order valence-corrected chi connectivity index (χ1v) is 10.2. The molecule has 0 radical (unpaired) electrons. The zero-order chi connectivity index (χ0) is 20.6. The van der Waals surface area contributed by atoms with Gasteiger partial charge in [-0.1, -0.05) is 37.1 Å². The van der Waals surface area contributed by atoms with Crippen LogP contribution in [0.2, 0.25) is 0 Å². The number of nitrogens with zero attached hydrogens (tertiary/aromatic N) is 2. The van der Waals surface area contributed by atoms with E-state index in [1.807, 2.05) is 27.9 Å². The molecule has 164 valence electrons. The van der Waals surface area contributed by atoms with Crippen LogP contribution in [0.1, 0.15) is 50.7 Å². The lowest BCUT2D eigenvalue weighted by molar-refractivity contribution is -0.138. The zero-order valence-corrected chi connectivity index (χ0v) is 20.8. The molecule has 1 aliphatic carbocycles. The summed E-state index contributed by atoms with van der Waals surface area (Å²) < 4.78 is 5.63. The van der Waals surface area contributed by atoms with Gasteiger partial charge in [0.1, 0.15) is 0 Å². The monoisotopic (exact) mass is 516 g/mol. The number of aliphatic imine (C=N–C) groups is 1. The van der Waals surface area contributed by atoms with Gasteiger partial charge in [0.05, 0.1) is 18.1 Å². The number of guanidine groups is 1. The highest BCUT2D eigenvalue weighted by atomic mass is 127. The van der Waals surface area contributed by atoms with Crippen LogP contribution in [0.15, 0.2) is 29.3 Å². The van der Waals surface area contributed by atoms with Crippen molar-refractivity contribution in [3.8, 4) is 0 Å². The van der Waals surface area contributed by atoms with Gasteiger partial charge in [-0.05, 0) is 37.8 Å². The number of amides is 1. The SMILES string of the molecule is CN=C(NCc1ccc(COC(C)C)cc1)NCC1(C(=O)N(C)C)CCCC1.I. The van der Waals surface area contributed by atoms with Crippen molar-refractivity contribution in [2.45, 2.75) is 58.8 Å². The molecule has 0 atom stereocenters. The average Bonchev–Trinajstić information content (AvgIpc) is 3.16. The maximum Gasteiger partial charge on any atom is 0.230 e. The Morgan fingerprint density at radius 2 is 1.72 bits per heavy atom. The number of hydrogen-bond donors (Lipinski definition) is 2. The number of ether oxygens (including phenoxy) is 1. The fraction of sp³-hybridized carbons (Fsp3) is 0.636. The molecule has 1 amide bonds. The van der Waals surface area contributed by atoms with E-state index in [1.54, 1.807) is 11.9 Å². The fourth-order valence-electron chi connectivity index (χ4n) is 3.67. The minimum atomic E-state index is -0.306. The molecule has 0 unspecified atom stereocenters. The largest absolute Gasteiger partial charge is 0.374 e. The molecule has 1 aromatic rings. The van der Waals surface area contributed by atoms with E-state index >= 15 is 0 Å². The Labute approximate surface area is 192 Å². The highest BCUT2D eigenvalue weighted by Gasteiger charge is 2.42. The number of hydrogen-bond acceptors (Lipinski definition) is 3. The third-order valence-corrected chi connectivity index (χ3v) is 5.30. The zero-order valence-electron chi connectivity index (χ0n) is 18.5. The van der Waals surface area contributed by atoms with Gasteiger partial charge in [-0.3, -0.25) is 9.79 Å². The summed E-state index contributed by atoms with van der Waals surface area (Å²) in [5.74, 6) is 0.942. The highest BCUT2D eigenvalue weighted by molar-refractivity contribution is 14.0. The molecule has 1 saturated carbocycles. The van der Waals surface area contributed by atoms with E-state index in [0.717, 1.165) is 31.6 Å². The Morgan fingerprint density at radius 1 is 1.14 bits per heavy atom. The van der Waals surface area contributed by atoms with Gasteiger partial charge >= 0.3 is 0 Å². The minimum Gasteiger partial charge on any atom is -0.374 e. The van der Waals surface area contributed by atoms with Gasteiger partial charge in [0.15, 0.2) is 5.96 Å². The van der Waals surface area contributed by atoms with Crippen LogP contribution >= 0.6 is 24.0 Å². The number of nitrogens with one attached hydrogen (secondary N) is 2. The van der Waals surface area contributed by atoms with Gasteiger partial charge in [0, 0.05) is 34.2 Å². The molecule has 0 bridgehead atoms. The van der Waals surface area contributed by atoms with Gasteiger partial charge in [-0.25, -0.2) is 0 Å². The first kappa shape index (κ1) is 25.7. The summed E-state index contributed by atoms with van der Waals surface area (Å²) in [6, 6.07) is 8.40. The molecule has 1 aliphatic rings. The smallest absolute Gasteiger partial charge is 0.230 e. The maximum atomic E-state index is 12.7. The third kappa shape index (κ3) is 7.77. The van der Waals surface area contributed by atoms with Gasteiger partial charge in [0.2, 0.25) is 5.91 Å². The van der Waals surface area contributed by atoms with Crippen LogP contribution in [0.4, 0.5) is 0 Å². The van der Waals surface area contributed by atoms with Crippen molar-refractivity contribution in [3.63, 3.8) is 0 Å². The van der Waals surface area contributed by atoms with Crippen LogP contribution in [0.5, 0.6) is 0 Å². The van der Waals surface area contributed by atoms with Crippen molar-refractivity contribution in [3.05, 3.63) is 35.4 Å². The standard InChI is InChI=1S/C22H36N4O2.HI/c1-17(2)28-15-19-10-8-18(9-11-19)14-24-21(23-3)25-16-22(12-6-7-13-22)20(27)26(4)5;/h8-11,17H,6-7,12-16H2,1-5H3,(H2,23,24,25);1H. The van der Waals surface area contributed by atoms with Crippen LogP contribution in [0.3, 0.4) is 0 Å². The molecule has 6 nitrogen and oxygen atoms in total. The second kappa shape index (κ2) is 12.4. The van der Waals surface area contributed by atoms with E-state index in [-0.39, 0.29) is 41.4 Å². The molecule has 0 aliphatic heterocycles. The lowest BCUT2D eigenvalue weighted by Gasteiger charge is -2.31. The van der Waals surface area contributed by atoms with Crippen LogP contribution in [-0.2, 0) is 22.7 Å². The Bertz CT molecular complexity index is 653. The predicted molar refractivity (Wildman–Crippen MR) is 130 cm³/mol. The Morgan fingerprint density at radius 3 is 2.24 bits per heavy atom. The second-order valence-corrected chi connectivity index (χ2v) is 8.14. The lowest BCUT2D eigenvalue weighted by atomic mass is 9.84. The number of benzene rings is 1. The quantitative estimate of drug-likeness (QED) is 0.315. The van der Waals surface area contributed by atoms with Crippen molar-refractivity contribution in [1.29, 1.82) is 0 Å². The molecule has 2 N–H and O–H groups in total. The Kier molecular flexibility index (Phi) is 11.0. The normalized spacial score (nSPS) is 15.7. The molecule has 2 rings (SSSR count). The Balaban J connectivity index is 0.00000420. The van der Waals surface area contributed by atoms with Gasteiger partial charge < -0.3 is 20.3 Å². The summed E-state index contributed by atoms with van der Waals surface area (Å²) >= 11 is 0. The summed E-state index contributed by atoms with van der Waals surface area (Å²) in [6.45, 7) is 6.02. The Hall–Kier alpha value is -1.35. The molecule has 0 aromatic heterocycles. The van der Waals surface area contributed by atoms with Gasteiger partial charge in [-0.15, -0.1) is 24.0 Å². The first-order chi connectivity index (χ1) is 13.4. The lowest BCUT2D eigenvalue weighted by Crippen LogP contribution is -2.49. The van der Waals surface area contributed by atoms with Crippen LogP contribution in [-0.4, -0.2) is 50.6 Å². The van der Waals surface area contributed by atoms with E-state index in [0.29, 0.717) is 19.7 Å². The second-order valence-electron chi connectivity index (χ2n) is 8.14. The van der Waals surface area contributed by atoms with Gasteiger partial charge in [-0.2, -0.15) is 0 Å². The van der Waals surface area contributed by atoms with Crippen molar-refractivity contribution in [2.75, 3.05) is 27.7 Å². The van der Waals surface area contributed by atoms with E-state index in [1.165, 1.54) is 11.1 Å². The van der Waals surface area contributed by atoms with E-state index in [4.69, 9.17) is 4.74 Å². The molecule has 0 heterocycles. The number of rotatable bonds is 8. The fourth-order valence-corrected chi connectivity index (χ4v) is 3.67. The number of carbonyl (C=O) groups is 1. The van der Waals surface area contributed by atoms with Crippen molar-refractivity contribution >= 4 is 35.8 Å². The van der Waals surface area contributed by atoms with Crippen LogP contribution < -0.4 is 10.6 Å². The molecular formula is C22H37IN4O2. The predicted octanol–water partition coefficient (Wildman–Crippen LogP) is 3.54. The number of halogens is 1. The summed E-state index contributed by atoms with van der Waals surface area (Å²) in [5, 5.41) is 6.72. The maximum absolute atomic E-state index is 12.7. The summed E-state index contributed by atoms with van der Waals surface area (Å²) in [5.41, 5.74) is 2.04. The van der Waals surface area contributed by atoms with Crippen LogP contribution in [0, 0.1) is 5.41 Å². The van der Waals surface area contributed by atoms with Crippen molar-refractivity contribution in [2.24, 2.45) is 10.4 Å². The topological polar surface area (TPSA) is 66.0 Å². The van der Waals surface area contributed by atoms with Crippen molar-refractivity contribution < 1.29 is 9.53 Å². The van der Waals surface area contributed by atoms with E-state index in [2.05, 4.69) is 39.9 Å². The molecule has 1 fully saturated rings. The molecule has 29 heavy (non-hydrogen) atoms. The van der Waals surface area contributed by atoms with Crippen molar-refractivity contribution in [1.82, 2.24) is 15.5 Å². The molecule has 1 aromatic carbocycles. The minimum absolute atomic E-state index is 0.